The van der Waals surface area contributed by atoms with Crippen LogP contribution >= 0.6 is 0 Å². The normalized spacial score (nSPS) is 25.1. The molecule has 1 heterocycles. The van der Waals surface area contributed by atoms with Crippen LogP contribution in [-0.4, -0.2) is 23.8 Å². The van der Waals surface area contributed by atoms with Gasteiger partial charge in [0.05, 0.1) is 5.60 Å². The first kappa shape index (κ1) is 11.4. The summed E-state index contributed by atoms with van der Waals surface area (Å²) in [4.78, 5) is 2.23. The lowest BCUT2D eigenvalue weighted by molar-refractivity contribution is 0.0839. The maximum Gasteiger partial charge on any atom is 0.0810 e. The van der Waals surface area contributed by atoms with Crippen molar-refractivity contribution in [3.05, 3.63) is 29.3 Å². The molecule has 0 aromatic heterocycles. The third kappa shape index (κ3) is 2.20. The number of β-amino-alcohol motifs (C(OH)–C–C–N with tert-alkyl or cyclic N) is 1. The second-order valence-electron chi connectivity index (χ2n) is 4.98. The summed E-state index contributed by atoms with van der Waals surface area (Å²) >= 11 is 0. The van der Waals surface area contributed by atoms with E-state index in [4.69, 9.17) is 5.73 Å². The average Bonchev–Trinajstić information content (AvgIpc) is 2.59. The number of aliphatic hydroxyl groups is 1. The quantitative estimate of drug-likeness (QED) is 0.792. The van der Waals surface area contributed by atoms with Crippen LogP contribution in [0.1, 0.15) is 24.5 Å². The van der Waals surface area contributed by atoms with Gasteiger partial charge in [0, 0.05) is 25.3 Å². The summed E-state index contributed by atoms with van der Waals surface area (Å²) in [5.74, 6) is 0. The molecular weight excluding hydrogens is 200 g/mol. The monoisotopic (exact) mass is 220 g/mol. The lowest BCUT2D eigenvalue weighted by Gasteiger charge is -2.21. The van der Waals surface area contributed by atoms with Crippen LogP contribution < -0.4 is 10.6 Å². The zero-order chi connectivity index (χ0) is 11.8. The Morgan fingerprint density at radius 2 is 2.25 bits per heavy atom. The van der Waals surface area contributed by atoms with Gasteiger partial charge in [-0.05, 0) is 43.5 Å². The van der Waals surface area contributed by atoms with Crippen LogP contribution in [-0.2, 0) is 6.54 Å². The second-order valence-corrected chi connectivity index (χ2v) is 4.98. The van der Waals surface area contributed by atoms with Gasteiger partial charge in [-0.2, -0.15) is 0 Å². The Bertz CT molecular complexity index is 388. The second kappa shape index (κ2) is 4.07. The summed E-state index contributed by atoms with van der Waals surface area (Å²) in [5.41, 5.74) is 8.71. The van der Waals surface area contributed by atoms with Gasteiger partial charge < -0.3 is 15.7 Å². The minimum atomic E-state index is -0.541. The summed E-state index contributed by atoms with van der Waals surface area (Å²) in [6.07, 6.45) is 0.838. The van der Waals surface area contributed by atoms with E-state index in [1.165, 1.54) is 16.8 Å². The highest BCUT2D eigenvalue weighted by Gasteiger charge is 2.31. The SMILES string of the molecule is Cc1cc(N2CCC(C)(O)C2)ccc1CN. The zero-order valence-corrected chi connectivity index (χ0v) is 10.0. The van der Waals surface area contributed by atoms with Crippen molar-refractivity contribution in [3.63, 3.8) is 0 Å². The number of nitrogens with zero attached hydrogens (tertiary/aromatic N) is 1. The fourth-order valence-electron chi connectivity index (χ4n) is 2.27. The van der Waals surface area contributed by atoms with Gasteiger partial charge in [0.2, 0.25) is 0 Å². The topological polar surface area (TPSA) is 49.5 Å². The van der Waals surface area contributed by atoms with E-state index in [1.807, 2.05) is 6.92 Å². The maximum absolute atomic E-state index is 9.93. The highest BCUT2D eigenvalue weighted by atomic mass is 16.3. The summed E-state index contributed by atoms with van der Waals surface area (Å²) in [6.45, 7) is 6.21. The highest BCUT2D eigenvalue weighted by Crippen LogP contribution is 2.27. The fourth-order valence-corrected chi connectivity index (χ4v) is 2.27. The minimum absolute atomic E-state index is 0.541. The molecule has 16 heavy (non-hydrogen) atoms. The Hall–Kier alpha value is -1.06. The van der Waals surface area contributed by atoms with Gasteiger partial charge >= 0.3 is 0 Å². The smallest absolute Gasteiger partial charge is 0.0810 e. The number of anilines is 1. The Labute approximate surface area is 96.9 Å². The number of benzene rings is 1. The Kier molecular flexibility index (Phi) is 2.91. The van der Waals surface area contributed by atoms with Crippen LogP contribution in [0.3, 0.4) is 0 Å². The molecule has 88 valence electrons. The molecule has 1 atom stereocenters. The molecule has 3 N–H and O–H groups in total. The van der Waals surface area contributed by atoms with Gasteiger partial charge in [-0.3, -0.25) is 0 Å². The molecule has 1 unspecified atom stereocenters. The first-order valence-corrected chi connectivity index (χ1v) is 5.79. The predicted molar refractivity (Wildman–Crippen MR) is 66.5 cm³/mol. The molecule has 1 aliphatic heterocycles. The molecule has 0 radical (unpaired) electrons. The third-order valence-electron chi connectivity index (χ3n) is 3.36. The van der Waals surface area contributed by atoms with Crippen LogP contribution in [0.2, 0.25) is 0 Å². The first-order valence-electron chi connectivity index (χ1n) is 5.79. The Balaban J connectivity index is 2.20. The predicted octanol–water partition coefficient (Wildman–Crippen LogP) is 1.41. The van der Waals surface area contributed by atoms with E-state index in [1.54, 1.807) is 0 Å². The molecule has 0 aliphatic carbocycles. The van der Waals surface area contributed by atoms with Gasteiger partial charge in [0.25, 0.3) is 0 Å². The molecule has 1 fully saturated rings. The lowest BCUT2D eigenvalue weighted by atomic mass is 10.1. The standard InChI is InChI=1S/C13H20N2O/c1-10-7-12(4-3-11(10)8-14)15-6-5-13(2,16)9-15/h3-4,7,16H,5-6,8-9,14H2,1-2H3. The molecule has 0 bridgehead atoms. The van der Waals surface area contributed by atoms with Crippen molar-refractivity contribution in [1.29, 1.82) is 0 Å². The van der Waals surface area contributed by atoms with E-state index in [-0.39, 0.29) is 0 Å². The van der Waals surface area contributed by atoms with Crippen molar-refractivity contribution >= 4 is 5.69 Å². The Morgan fingerprint density at radius 3 is 2.75 bits per heavy atom. The summed E-state index contributed by atoms with van der Waals surface area (Å²) in [6, 6.07) is 6.33. The number of rotatable bonds is 2. The van der Waals surface area contributed by atoms with Crippen molar-refractivity contribution in [2.45, 2.75) is 32.4 Å². The van der Waals surface area contributed by atoms with E-state index >= 15 is 0 Å². The molecular formula is C13H20N2O. The maximum atomic E-state index is 9.93. The molecule has 3 nitrogen and oxygen atoms in total. The van der Waals surface area contributed by atoms with E-state index in [0.717, 1.165) is 13.0 Å². The van der Waals surface area contributed by atoms with Gasteiger partial charge in [0.15, 0.2) is 0 Å². The van der Waals surface area contributed by atoms with Crippen molar-refractivity contribution in [1.82, 2.24) is 0 Å². The molecule has 1 aromatic carbocycles. The van der Waals surface area contributed by atoms with Crippen molar-refractivity contribution < 1.29 is 5.11 Å². The highest BCUT2D eigenvalue weighted by molar-refractivity contribution is 5.52. The molecule has 2 rings (SSSR count). The van der Waals surface area contributed by atoms with Gasteiger partial charge in [-0.25, -0.2) is 0 Å². The van der Waals surface area contributed by atoms with E-state index in [2.05, 4.69) is 30.0 Å². The van der Waals surface area contributed by atoms with E-state index in [9.17, 15) is 5.11 Å². The lowest BCUT2D eigenvalue weighted by Crippen LogP contribution is -2.29. The average molecular weight is 220 g/mol. The number of aryl methyl sites for hydroxylation is 1. The molecule has 0 spiro atoms. The Morgan fingerprint density at radius 1 is 1.50 bits per heavy atom. The molecule has 1 saturated heterocycles. The van der Waals surface area contributed by atoms with Crippen LogP contribution in [0.5, 0.6) is 0 Å². The minimum Gasteiger partial charge on any atom is -0.388 e. The van der Waals surface area contributed by atoms with Crippen LogP contribution in [0.4, 0.5) is 5.69 Å². The molecule has 1 aromatic rings. The van der Waals surface area contributed by atoms with Gasteiger partial charge in [-0.1, -0.05) is 6.07 Å². The molecule has 0 amide bonds. The summed E-state index contributed by atoms with van der Waals surface area (Å²) < 4.78 is 0. The first-order chi connectivity index (χ1) is 7.52. The summed E-state index contributed by atoms with van der Waals surface area (Å²) in [5, 5.41) is 9.93. The van der Waals surface area contributed by atoms with E-state index in [0.29, 0.717) is 13.1 Å². The fraction of sp³-hybridized carbons (Fsp3) is 0.538. The number of hydrogen-bond acceptors (Lipinski definition) is 3. The van der Waals surface area contributed by atoms with Crippen molar-refractivity contribution in [2.24, 2.45) is 5.73 Å². The third-order valence-corrected chi connectivity index (χ3v) is 3.36. The summed E-state index contributed by atoms with van der Waals surface area (Å²) in [7, 11) is 0. The van der Waals surface area contributed by atoms with E-state index < -0.39 is 5.60 Å². The number of nitrogens with two attached hydrogens (primary N) is 1. The molecule has 1 aliphatic rings. The van der Waals surface area contributed by atoms with Gasteiger partial charge in [-0.15, -0.1) is 0 Å². The zero-order valence-electron chi connectivity index (χ0n) is 10.0. The van der Waals surface area contributed by atoms with Crippen LogP contribution in [0.25, 0.3) is 0 Å². The van der Waals surface area contributed by atoms with Crippen LogP contribution in [0.15, 0.2) is 18.2 Å². The van der Waals surface area contributed by atoms with Crippen molar-refractivity contribution in [2.75, 3.05) is 18.0 Å². The number of hydrogen-bond donors (Lipinski definition) is 2. The molecule has 0 saturated carbocycles. The molecule has 3 heteroatoms. The van der Waals surface area contributed by atoms with Gasteiger partial charge in [0.1, 0.15) is 0 Å². The largest absolute Gasteiger partial charge is 0.388 e. The van der Waals surface area contributed by atoms with Crippen molar-refractivity contribution in [3.8, 4) is 0 Å². The van der Waals surface area contributed by atoms with Crippen LogP contribution in [0, 0.1) is 6.92 Å².